The second-order valence-corrected chi connectivity index (χ2v) is 3.70. The second-order valence-electron chi connectivity index (χ2n) is 2.54. The van der Waals surface area contributed by atoms with Gasteiger partial charge in [-0.1, -0.05) is 42.5 Å². The van der Waals surface area contributed by atoms with Crippen molar-refractivity contribution in [3.8, 4) is 0 Å². The van der Waals surface area contributed by atoms with Crippen molar-refractivity contribution in [2.45, 2.75) is 0 Å². The highest BCUT2D eigenvalue weighted by molar-refractivity contribution is 7.31. The number of rotatable bonds is 1. The number of benzene rings is 1. The molecule has 1 heterocycles. The quantitative estimate of drug-likeness (QED) is 0.778. The molecule has 0 saturated carbocycles. The summed E-state index contributed by atoms with van der Waals surface area (Å²) in [6, 6.07) is 15.4. The Kier molecular flexibility index (Phi) is 4.53. The van der Waals surface area contributed by atoms with Crippen LogP contribution < -0.4 is 0 Å². The fourth-order valence-corrected chi connectivity index (χ4v) is 1.54. The number of hydrogen-bond donors (Lipinski definition) is 1. The molecule has 0 amide bonds. The zero-order chi connectivity index (χ0) is 10.2. The molecule has 2 rings (SSSR count). The van der Waals surface area contributed by atoms with E-state index in [-0.39, 0.29) is 0 Å². The van der Waals surface area contributed by atoms with Crippen molar-refractivity contribution < 1.29 is 9.90 Å². The predicted octanol–water partition coefficient (Wildman–Crippen LogP) is 3.10. The van der Waals surface area contributed by atoms with Crippen LogP contribution in [0, 0.1) is 0 Å². The van der Waals surface area contributed by atoms with Gasteiger partial charge in [-0.3, -0.25) is 0 Å². The Hall–Kier alpha value is -1.53. The van der Waals surface area contributed by atoms with Crippen LogP contribution in [0.25, 0.3) is 0 Å². The Morgan fingerprint density at radius 1 is 1.00 bits per heavy atom. The average Bonchev–Trinajstić information content (AvgIpc) is 2.74. The topological polar surface area (TPSA) is 37.3 Å². The van der Waals surface area contributed by atoms with E-state index in [9.17, 15) is 4.79 Å². The Labute approximate surface area is 84.3 Å². The summed E-state index contributed by atoms with van der Waals surface area (Å²) in [5.74, 6) is 1.05. The van der Waals surface area contributed by atoms with E-state index in [0.29, 0.717) is 13.5 Å². The average molecular weight is 206 g/mol. The van der Waals surface area contributed by atoms with E-state index >= 15 is 0 Å². The molecular weight excluding hydrogens is 195 g/mol. The van der Waals surface area contributed by atoms with Gasteiger partial charge in [0, 0.05) is 0 Å². The number of hydrogen-bond acceptors (Lipinski definition) is 1. The highest BCUT2D eigenvalue weighted by Crippen LogP contribution is 2.13. The van der Waals surface area contributed by atoms with Crippen LogP contribution >= 0.6 is 8.19 Å². The maximum Gasteiger partial charge on any atom is 0.339 e. The summed E-state index contributed by atoms with van der Waals surface area (Å²) in [7, 11) is 0.361. The van der Waals surface area contributed by atoms with Gasteiger partial charge < -0.3 is 5.11 Å². The van der Waals surface area contributed by atoms with E-state index in [0.717, 1.165) is 0 Å². The number of carboxylic acids is 1. The summed E-state index contributed by atoms with van der Waals surface area (Å²) in [5, 5.41) is 8.82. The van der Waals surface area contributed by atoms with Crippen LogP contribution in [0.4, 0.5) is 0 Å². The molecule has 0 radical (unpaired) electrons. The van der Waals surface area contributed by atoms with E-state index < -0.39 is 5.97 Å². The van der Waals surface area contributed by atoms with Gasteiger partial charge in [0.1, 0.15) is 0 Å². The van der Waals surface area contributed by atoms with E-state index in [1.54, 1.807) is 12.1 Å². The second kappa shape index (κ2) is 6.01. The number of carboxylic acid groups (broad SMARTS) is 1. The maximum atomic E-state index is 10.1. The fourth-order valence-electron chi connectivity index (χ4n) is 0.848. The summed E-state index contributed by atoms with van der Waals surface area (Å²) < 4.78 is 0. The monoisotopic (exact) mass is 206 g/mol. The van der Waals surface area contributed by atoms with E-state index in [4.69, 9.17) is 5.11 Å². The standard InChI is InChI=1S/C6H6.C5H5O2P/c1-2-4-6-5-3-1;6-5(7)4-2-1-3-8-4/h1-6H;1-3,8H,(H,6,7). The summed E-state index contributed by atoms with van der Waals surface area (Å²) in [6.07, 6.45) is 0. The number of aromatic carboxylic acids is 1. The minimum atomic E-state index is -0.798. The molecular formula is C11H11O2P. The first-order valence-electron chi connectivity index (χ1n) is 4.17. The highest BCUT2D eigenvalue weighted by Gasteiger charge is 1.97. The SMILES string of the molecule is O=C(O)c1ccc[pH]1.c1ccccc1. The minimum absolute atomic E-state index is 0.361. The molecule has 0 aliphatic heterocycles. The third kappa shape index (κ3) is 3.92. The third-order valence-corrected chi connectivity index (χ3v) is 2.55. The van der Waals surface area contributed by atoms with Crippen molar-refractivity contribution in [3.05, 3.63) is 59.6 Å². The van der Waals surface area contributed by atoms with Crippen molar-refractivity contribution >= 4 is 14.2 Å². The predicted molar refractivity (Wildman–Crippen MR) is 59.3 cm³/mol. The van der Waals surface area contributed by atoms with Gasteiger partial charge in [0.25, 0.3) is 0 Å². The van der Waals surface area contributed by atoms with Gasteiger partial charge in [0.05, 0.1) is 5.30 Å². The molecule has 0 aliphatic rings. The smallest absolute Gasteiger partial charge is 0.339 e. The molecule has 0 fully saturated rings. The van der Waals surface area contributed by atoms with Crippen molar-refractivity contribution in [2.24, 2.45) is 0 Å². The molecule has 0 spiro atoms. The molecule has 3 heteroatoms. The van der Waals surface area contributed by atoms with E-state index in [1.807, 2.05) is 42.2 Å². The largest absolute Gasteiger partial charge is 0.477 e. The molecule has 1 aromatic heterocycles. The van der Waals surface area contributed by atoms with Gasteiger partial charge >= 0.3 is 5.97 Å². The molecule has 1 aromatic carbocycles. The van der Waals surface area contributed by atoms with Crippen LogP contribution in [-0.4, -0.2) is 11.1 Å². The Morgan fingerprint density at radius 3 is 1.71 bits per heavy atom. The highest BCUT2D eigenvalue weighted by atomic mass is 31.0. The summed E-state index contributed by atoms with van der Waals surface area (Å²) in [4.78, 5) is 10.1. The van der Waals surface area contributed by atoms with Gasteiger partial charge in [-0.05, 0) is 11.9 Å². The Morgan fingerprint density at radius 2 is 1.50 bits per heavy atom. The zero-order valence-electron chi connectivity index (χ0n) is 7.55. The minimum Gasteiger partial charge on any atom is -0.477 e. The lowest BCUT2D eigenvalue weighted by Gasteiger charge is -1.79. The lowest BCUT2D eigenvalue weighted by Crippen LogP contribution is -1.88. The van der Waals surface area contributed by atoms with Crippen molar-refractivity contribution in [2.75, 3.05) is 0 Å². The summed E-state index contributed by atoms with van der Waals surface area (Å²) in [6.45, 7) is 0. The van der Waals surface area contributed by atoms with E-state index in [2.05, 4.69) is 0 Å². The molecule has 0 aliphatic carbocycles. The van der Waals surface area contributed by atoms with Gasteiger partial charge in [-0.15, -0.1) is 8.19 Å². The first kappa shape index (κ1) is 10.6. The van der Waals surface area contributed by atoms with Gasteiger partial charge in [0.15, 0.2) is 0 Å². The third-order valence-electron chi connectivity index (χ3n) is 1.50. The zero-order valence-corrected chi connectivity index (χ0v) is 8.55. The lowest BCUT2D eigenvalue weighted by atomic mass is 10.4. The molecule has 1 atom stereocenters. The Balaban J connectivity index is 0.000000146. The lowest BCUT2D eigenvalue weighted by molar-refractivity contribution is 0.0702. The van der Waals surface area contributed by atoms with Gasteiger partial charge in [0.2, 0.25) is 0 Å². The van der Waals surface area contributed by atoms with Crippen LogP contribution in [0.1, 0.15) is 10.1 Å². The van der Waals surface area contributed by atoms with Crippen molar-refractivity contribution in [1.29, 1.82) is 0 Å². The van der Waals surface area contributed by atoms with Crippen LogP contribution in [0.3, 0.4) is 0 Å². The first-order chi connectivity index (χ1) is 6.80. The molecule has 2 nitrogen and oxygen atoms in total. The normalized spacial score (nSPS) is 9.14. The summed E-state index contributed by atoms with van der Waals surface area (Å²) in [5.41, 5.74) is 0. The molecule has 2 aromatic rings. The first-order valence-corrected chi connectivity index (χ1v) is 5.25. The van der Waals surface area contributed by atoms with Crippen LogP contribution in [0.15, 0.2) is 54.3 Å². The molecule has 0 saturated heterocycles. The molecule has 72 valence electrons. The number of carbonyl (C=O) groups is 1. The van der Waals surface area contributed by atoms with Gasteiger partial charge in [-0.25, -0.2) is 4.79 Å². The Bertz CT molecular complexity index is 327. The molecule has 0 bridgehead atoms. The molecule has 1 unspecified atom stereocenters. The maximum absolute atomic E-state index is 10.1. The van der Waals surface area contributed by atoms with Gasteiger partial charge in [-0.2, -0.15) is 0 Å². The van der Waals surface area contributed by atoms with Crippen LogP contribution in [0.2, 0.25) is 0 Å². The fraction of sp³-hybridized carbons (Fsp3) is 0. The van der Waals surface area contributed by atoms with Crippen molar-refractivity contribution in [3.63, 3.8) is 0 Å². The molecule has 14 heavy (non-hydrogen) atoms. The summed E-state index contributed by atoms with van der Waals surface area (Å²) >= 11 is 0. The van der Waals surface area contributed by atoms with Crippen LogP contribution in [0.5, 0.6) is 0 Å². The van der Waals surface area contributed by atoms with Crippen LogP contribution in [-0.2, 0) is 0 Å². The van der Waals surface area contributed by atoms with Crippen molar-refractivity contribution in [1.82, 2.24) is 0 Å². The van der Waals surface area contributed by atoms with E-state index in [1.165, 1.54) is 0 Å². The molecule has 1 N–H and O–H groups in total.